The Balaban J connectivity index is 2.27. The van der Waals surface area contributed by atoms with Crippen LogP contribution in [0.3, 0.4) is 0 Å². The van der Waals surface area contributed by atoms with Crippen LogP contribution in [0.5, 0.6) is 0 Å². The fourth-order valence-electron chi connectivity index (χ4n) is 2.68. The molecule has 0 aromatic heterocycles. The Bertz CT molecular complexity index is 456. The summed E-state index contributed by atoms with van der Waals surface area (Å²) in [5.41, 5.74) is -0.670. The molecule has 1 unspecified atom stereocenters. The van der Waals surface area contributed by atoms with Crippen LogP contribution < -0.4 is 5.32 Å². The van der Waals surface area contributed by atoms with Crippen molar-refractivity contribution in [3.63, 3.8) is 0 Å². The van der Waals surface area contributed by atoms with Gasteiger partial charge in [0.1, 0.15) is 6.04 Å². The standard InChI is InChI=1S/C12H22N2O4S/c1-12(2)8-19(16,17)7-10(13-3)11(15)14(12)4-9-5-18-6-9/h9-10,13H,4-8H2,1-3H3. The minimum atomic E-state index is -3.23. The van der Waals surface area contributed by atoms with Gasteiger partial charge in [-0.05, 0) is 20.9 Å². The van der Waals surface area contributed by atoms with E-state index in [9.17, 15) is 13.2 Å². The largest absolute Gasteiger partial charge is 0.381 e. The van der Waals surface area contributed by atoms with E-state index in [0.29, 0.717) is 25.7 Å². The number of rotatable bonds is 3. The molecule has 0 aromatic carbocycles. The topological polar surface area (TPSA) is 75.7 Å². The summed E-state index contributed by atoms with van der Waals surface area (Å²) in [6.07, 6.45) is 0. The number of nitrogens with zero attached hydrogens (tertiary/aromatic N) is 1. The van der Waals surface area contributed by atoms with Gasteiger partial charge in [-0.2, -0.15) is 0 Å². The monoisotopic (exact) mass is 290 g/mol. The minimum Gasteiger partial charge on any atom is -0.381 e. The molecule has 1 amide bonds. The Morgan fingerprint density at radius 1 is 1.42 bits per heavy atom. The van der Waals surface area contributed by atoms with E-state index in [4.69, 9.17) is 4.74 Å². The highest BCUT2D eigenvalue weighted by Gasteiger charge is 2.44. The van der Waals surface area contributed by atoms with Crippen molar-refractivity contribution in [3.05, 3.63) is 0 Å². The van der Waals surface area contributed by atoms with Crippen LogP contribution in [-0.2, 0) is 19.4 Å². The maximum atomic E-state index is 12.5. The van der Waals surface area contributed by atoms with Crippen molar-refractivity contribution >= 4 is 15.7 Å². The molecule has 2 rings (SSSR count). The smallest absolute Gasteiger partial charge is 0.241 e. The van der Waals surface area contributed by atoms with Gasteiger partial charge in [-0.25, -0.2) is 8.42 Å². The first-order valence-corrected chi connectivity index (χ1v) is 8.34. The van der Waals surface area contributed by atoms with Crippen LogP contribution >= 0.6 is 0 Å². The van der Waals surface area contributed by atoms with Crippen molar-refractivity contribution < 1.29 is 17.9 Å². The number of carbonyl (C=O) groups excluding carboxylic acids is 1. The normalized spacial score (nSPS) is 30.8. The molecule has 0 bridgehead atoms. The van der Waals surface area contributed by atoms with Crippen LogP contribution in [-0.4, -0.2) is 69.1 Å². The Morgan fingerprint density at radius 3 is 2.53 bits per heavy atom. The van der Waals surface area contributed by atoms with Crippen LogP contribution in [0, 0.1) is 5.92 Å². The Hall–Kier alpha value is -0.660. The van der Waals surface area contributed by atoms with Crippen LogP contribution in [0.4, 0.5) is 0 Å². The molecule has 0 radical (unpaired) electrons. The lowest BCUT2D eigenvalue weighted by Crippen LogP contribution is -2.57. The number of carbonyl (C=O) groups is 1. The van der Waals surface area contributed by atoms with Gasteiger partial charge in [-0.1, -0.05) is 0 Å². The Morgan fingerprint density at radius 2 is 2.05 bits per heavy atom. The third kappa shape index (κ3) is 3.09. The zero-order chi connectivity index (χ0) is 14.3. The predicted molar refractivity (Wildman–Crippen MR) is 71.6 cm³/mol. The van der Waals surface area contributed by atoms with Crippen LogP contribution in [0.1, 0.15) is 13.8 Å². The average Bonchev–Trinajstić information content (AvgIpc) is 2.26. The molecule has 2 heterocycles. The molecule has 0 saturated carbocycles. The minimum absolute atomic E-state index is 0.0114. The van der Waals surface area contributed by atoms with E-state index < -0.39 is 21.4 Å². The molecule has 0 aliphatic carbocycles. The van der Waals surface area contributed by atoms with E-state index in [1.807, 2.05) is 13.8 Å². The Kier molecular flexibility index (Phi) is 3.90. The third-order valence-corrected chi connectivity index (χ3v) is 5.77. The highest BCUT2D eigenvalue weighted by molar-refractivity contribution is 7.91. The first-order chi connectivity index (χ1) is 8.75. The average molecular weight is 290 g/mol. The molecule has 6 nitrogen and oxygen atoms in total. The quantitative estimate of drug-likeness (QED) is 0.741. The third-order valence-electron chi connectivity index (χ3n) is 3.78. The molecule has 19 heavy (non-hydrogen) atoms. The van der Waals surface area contributed by atoms with E-state index in [1.54, 1.807) is 11.9 Å². The first-order valence-electron chi connectivity index (χ1n) is 6.52. The summed E-state index contributed by atoms with van der Waals surface area (Å²) in [4.78, 5) is 14.2. The van der Waals surface area contributed by atoms with E-state index in [1.165, 1.54) is 0 Å². The number of ether oxygens (including phenoxy) is 1. The zero-order valence-corrected chi connectivity index (χ0v) is 12.5. The van der Waals surface area contributed by atoms with Crippen molar-refractivity contribution in [1.29, 1.82) is 0 Å². The van der Waals surface area contributed by atoms with Crippen molar-refractivity contribution in [1.82, 2.24) is 10.2 Å². The predicted octanol–water partition coefficient (Wildman–Crippen LogP) is -0.744. The summed E-state index contributed by atoms with van der Waals surface area (Å²) in [6, 6.07) is -0.646. The number of amides is 1. The Labute approximate surface area is 114 Å². The van der Waals surface area contributed by atoms with Gasteiger partial charge in [0.15, 0.2) is 9.84 Å². The van der Waals surface area contributed by atoms with Crippen molar-refractivity contribution in [2.24, 2.45) is 5.92 Å². The summed E-state index contributed by atoms with van der Waals surface area (Å²) >= 11 is 0. The van der Waals surface area contributed by atoms with Crippen LogP contribution in [0.2, 0.25) is 0 Å². The lowest BCUT2D eigenvalue weighted by Gasteiger charge is -2.41. The number of sulfone groups is 1. The van der Waals surface area contributed by atoms with Gasteiger partial charge >= 0.3 is 0 Å². The molecule has 2 fully saturated rings. The lowest BCUT2D eigenvalue weighted by atomic mass is 9.99. The number of nitrogens with one attached hydrogen (secondary N) is 1. The molecular formula is C12H22N2O4S. The molecule has 2 aliphatic heterocycles. The van der Waals surface area contributed by atoms with E-state index in [2.05, 4.69) is 5.32 Å². The first kappa shape index (κ1) is 14.7. The second kappa shape index (κ2) is 5.03. The fourth-order valence-corrected chi connectivity index (χ4v) is 4.85. The second-order valence-electron chi connectivity index (χ2n) is 6.06. The second-order valence-corrected chi connectivity index (χ2v) is 8.17. The van der Waals surface area contributed by atoms with E-state index in [0.717, 1.165) is 0 Å². The van der Waals surface area contributed by atoms with Crippen molar-refractivity contribution in [2.75, 3.05) is 38.3 Å². The summed E-state index contributed by atoms with van der Waals surface area (Å²) in [6.45, 7) is 5.51. The maximum absolute atomic E-state index is 12.5. The van der Waals surface area contributed by atoms with Gasteiger partial charge < -0.3 is 15.0 Å². The molecule has 2 aliphatic rings. The van der Waals surface area contributed by atoms with Gasteiger partial charge in [0.2, 0.25) is 5.91 Å². The number of hydrogen-bond acceptors (Lipinski definition) is 5. The highest BCUT2D eigenvalue weighted by Crippen LogP contribution is 2.26. The molecule has 0 aromatic rings. The zero-order valence-electron chi connectivity index (χ0n) is 11.7. The molecule has 110 valence electrons. The van der Waals surface area contributed by atoms with Gasteiger partial charge in [0.25, 0.3) is 0 Å². The van der Waals surface area contributed by atoms with E-state index >= 15 is 0 Å². The maximum Gasteiger partial charge on any atom is 0.241 e. The molecule has 7 heteroatoms. The summed E-state index contributed by atoms with van der Waals surface area (Å²) < 4.78 is 29.3. The number of likely N-dealkylation sites (N-methyl/N-ethyl adjacent to an activating group) is 1. The van der Waals surface area contributed by atoms with Gasteiger partial charge in [0.05, 0.1) is 30.3 Å². The molecule has 1 atom stereocenters. The van der Waals surface area contributed by atoms with Gasteiger partial charge in [0, 0.05) is 12.5 Å². The van der Waals surface area contributed by atoms with Gasteiger partial charge in [-0.3, -0.25) is 4.79 Å². The summed E-state index contributed by atoms with van der Waals surface area (Å²) in [5.74, 6) is 0.0861. The highest BCUT2D eigenvalue weighted by atomic mass is 32.2. The number of hydrogen-bond donors (Lipinski definition) is 1. The van der Waals surface area contributed by atoms with Gasteiger partial charge in [-0.15, -0.1) is 0 Å². The summed E-state index contributed by atoms with van der Waals surface area (Å²) in [5, 5.41) is 2.82. The van der Waals surface area contributed by atoms with Crippen molar-refractivity contribution in [3.8, 4) is 0 Å². The lowest BCUT2D eigenvalue weighted by molar-refractivity contribution is -0.141. The van der Waals surface area contributed by atoms with Crippen LogP contribution in [0.25, 0.3) is 0 Å². The van der Waals surface area contributed by atoms with E-state index in [-0.39, 0.29) is 17.4 Å². The van der Waals surface area contributed by atoms with Crippen molar-refractivity contribution in [2.45, 2.75) is 25.4 Å². The van der Waals surface area contributed by atoms with Crippen LogP contribution in [0.15, 0.2) is 0 Å². The molecule has 0 spiro atoms. The molecule has 1 N–H and O–H groups in total. The SMILES string of the molecule is CNC1CS(=O)(=O)CC(C)(C)N(CC2COC2)C1=O. The summed E-state index contributed by atoms with van der Waals surface area (Å²) in [7, 11) is -1.61. The fraction of sp³-hybridized carbons (Fsp3) is 0.917. The molecule has 2 saturated heterocycles. The molecular weight excluding hydrogens is 268 g/mol.